The standard InChI is InChI=1S/C20H27N3O4S/c1-12(2)10-15(17(24)21-8-9-27-3)22-18(25)16-11-28-20-14-7-5-4-6-13(14)19(26)23(16)20/h4-7,12,15-16,20H,8-11H2,1-3H3,(H,21,24)(H,22,25)/t15-,16-,20-/m0/s1. The third kappa shape index (κ3) is 4.17. The van der Waals surface area contributed by atoms with E-state index in [0.717, 1.165) is 5.56 Å². The number of carbonyl (C=O) groups excluding carboxylic acids is 3. The van der Waals surface area contributed by atoms with Crippen LogP contribution < -0.4 is 10.6 Å². The largest absolute Gasteiger partial charge is 0.383 e. The molecule has 1 aromatic rings. The number of benzene rings is 1. The summed E-state index contributed by atoms with van der Waals surface area (Å²) < 4.78 is 4.96. The monoisotopic (exact) mass is 405 g/mol. The first-order chi connectivity index (χ1) is 13.4. The van der Waals surface area contributed by atoms with E-state index in [1.807, 2.05) is 32.0 Å². The molecule has 28 heavy (non-hydrogen) atoms. The average molecular weight is 406 g/mol. The minimum atomic E-state index is -0.631. The van der Waals surface area contributed by atoms with Gasteiger partial charge in [0.05, 0.1) is 6.61 Å². The van der Waals surface area contributed by atoms with Crippen molar-refractivity contribution in [3.63, 3.8) is 0 Å². The fourth-order valence-corrected chi connectivity index (χ4v) is 5.08. The Kier molecular flexibility index (Phi) is 6.61. The van der Waals surface area contributed by atoms with Crippen LogP contribution in [0.4, 0.5) is 0 Å². The van der Waals surface area contributed by atoms with Crippen LogP contribution in [0.1, 0.15) is 41.6 Å². The molecule has 7 nitrogen and oxygen atoms in total. The van der Waals surface area contributed by atoms with Gasteiger partial charge in [0, 0.05) is 25.0 Å². The fourth-order valence-electron chi connectivity index (χ4n) is 3.61. The van der Waals surface area contributed by atoms with E-state index in [9.17, 15) is 14.4 Å². The second kappa shape index (κ2) is 8.96. The number of rotatable bonds is 8. The molecule has 1 aromatic carbocycles. The molecule has 0 unspecified atom stereocenters. The molecule has 3 rings (SSSR count). The molecule has 2 aliphatic heterocycles. The third-order valence-corrected chi connectivity index (χ3v) is 6.25. The van der Waals surface area contributed by atoms with Crippen molar-refractivity contribution in [1.29, 1.82) is 0 Å². The molecule has 1 fully saturated rings. The molecule has 3 atom stereocenters. The van der Waals surface area contributed by atoms with Gasteiger partial charge < -0.3 is 20.3 Å². The molecule has 2 heterocycles. The number of nitrogens with one attached hydrogen (secondary N) is 2. The van der Waals surface area contributed by atoms with Gasteiger partial charge in [0.1, 0.15) is 17.5 Å². The number of nitrogens with zero attached hydrogens (tertiary/aromatic N) is 1. The zero-order valence-electron chi connectivity index (χ0n) is 16.4. The van der Waals surface area contributed by atoms with Crippen LogP contribution in [0.5, 0.6) is 0 Å². The highest BCUT2D eigenvalue weighted by Crippen LogP contribution is 2.48. The Morgan fingerprint density at radius 1 is 1.32 bits per heavy atom. The molecule has 8 heteroatoms. The van der Waals surface area contributed by atoms with Crippen molar-refractivity contribution < 1.29 is 19.1 Å². The minimum absolute atomic E-state index is 0.115. The van der Waals surface area contributed by atoms with Crippen molar-refractivity contribution >= 4 is 29.5 Å². The summed E-state index contributed by atoms with van der Waals surface area (Å²) in [7, 11) is 1.57. The molecular weight excluding hydrogens is 378 g/mol. The van der Waals surface area contributed by atoms with Crippen LogP contribution in [-0.4, -0.2) is 60.7 Å². The lowest BCUT2D eigenvalue weighted by Crippen LogP contribution is -2.54. The summed E-state index contributed by atoms with van der Waals surface area (Å²) in [6.07, 6.45) is 0.530. The summed E-state index contributed by atoms with van der Waals surface area (Å²) in [5.74, 6) is 0.148. The molecule has 152 valence electrons. The van der Waals surface area contributed by atoms with Gasteiger partial charge in [0.2, 0.25) is 11.8 Å². The summed E-state index contributed by atoms with van der Waals surface area (Å²) >= 11 is 1.59. The normalized spacial score (nSPS) is 21.4. The van der Waals surface area contributed by atoms with Crippen molar-refractivity contribution in [2.45, 2.75) is 37.7 Å². The number of carbonyl (C=O) groups is 3. The number of methoxy groups -OCH3 is 1. The number of hydrogen-bond acceptors (Lipinski definition) is 5. The smallest absolute Gasteiger partial charge is 0.256 e. The van der Waals surface area contributed by atoms with Gasteiger partial charge in [0.25, 0.3) is 5.91 Å². The predicted molar refractivity (Wildman–Crippen MR) is 108 cm³/mol. The van der Waals surface area contributed by atoms with Gasteiger partial charge in [-0.15, -0.1) is 11.8 Å². The topological polar surface area (TPSA) is 87.7 Å². The van der Waals surface area contributed by atoms with Crippen LogP contribution in [-0.2, 0) is 14.3 Å². The van der Waals surface area contributed by atoms with Gasteiger partial charge in [-0.05, 0) is 24.0 Å². The second-order valence-corrected chi connectivity index (χ2v) is 8.59. The van der Waals surface area contributed by atoms with E-state index in [4.69, 9.17) is 4.74 Å². The molecule has 2 N–H and O–H groups in total. The van der Waals surface area contributed by atoms with Gasteiger partial charge in [0.15, 0.2) is 0 Å². The second-order valence-electron chi connectivity index (χ2n) is 7.48. The van der Waals surface area contributed by atoms with Crippen LogP contribution in [0, 0.1) is 5.92 Å². The molecule has 0 spiro atoms. The Labute approximate surface area is 169 Å². The zero-order valence-corrected chi connectivity index (χ0v) is 17.3. The van der Waals surface area contributed by atoms with E-state index >= 15 is 0 Å². The van der Waals surface area contributed by atoms with Crippen LogP contribution in [0.15, 0.2) is 24.3 Å². The van der Waals surface area contributed by atoms with E-state index in [-0.39, 0.29) is 29.0 Å². The molecule has 0 aromatic heterocycles. The number of ether oxygens (including phenoxy) is 1. The van der Waals surface area contributed by atoms with Crippen molar-refractivity contribution in [1.82, 2.24) is 15.5 Å². The van der Waals surface area contributed by atoms with Crippen LogP contribution in [0.2, 0.25) is 0 Å². The Hall–Kier alpha value is -2.06. The molecule has 0 bridgehead atoms. The molecule has 0 radical (unpaired) electrons. The first-order valence-electron chi connectivity index (χ1n) is 9.54. The summed E-state index contributed by atoms with van der Waals surface area (Å²) in [6.45, 7) is 4.81. The lowest BCUT2D eigenvalue weighted by atomic mass is 10.0. The van der Waals surface area contributed by atoms with Gasteiger partial charge in [-0.1, -0.05) is 32.0 Å². The molecule has 2 aliphatic rings. The highest BCUT2D eigenvalue weighted by Gasteiger charge is 2.48. The van der Waals surface area contributed by atoms with Gasteiger partial charge in [-0.3, -0.25) is 14.4 Å². The highest BCUT2D eigenvalue weighted by molar-refractivity contribution is 7.99. The Balaban J connectivity index is 1.69. The van der Waals surface area contributed by atoms with E-state index < -0.39 is 12.1 Å². The van der Waals surface area contributed by atoms with Gasteiger partial charge in [-0.25, -0.2) is 0 Å². The molecule has 3 amide bonds. The van der Waals surface area contributed by atoms with E-state index in [1.54, 1.807) is 29.8 Å². The van der Waals surface area contributed by atoms with E-state index in [0.29, 0.717) is 30.9 Å². The third-order valence-electron chi connectivity index (χ3n) is 4.94. The van der Waals surface area contributed by atoms with E-state index in [2.05, 4.69) is 10.6 Å². The van der Waals surface area contributed by atoms with Crippen LogP contribution in [0.3, 0.4) is 0 Å². The maximum Gasteiger partial charge on any atom is 0.256 e. The minimum Gasteiger partial charge on any atom is -0.383 e. The average Bonchev–Trinajstić information content (AvgIpc) is 3.21. The zero-order chi connectivity index (χ0) is 20.3. The quantitative estimate of drug-likeness (QED) is 0.641. The maximum absolute atomic E-state index is 13.0. The van der Waals surface area contributed by atoms with Gasteiger partial charge in [-0.2, -0.15) is 0 Å². The van der Waals surface area contributed by atoms with E-state index in [1.165, 1.54) is 0 Å². The maximum atomic E-state index is 13.0. The summed E-state index contributed by atoms with van der Waals surface area (Å²) in [6, 6.07) is 6.28. The summed E-state index contributed by atoms with van der Waals surface area (Å²) in [5, 5.41) is 5.54. The van der Waals surface area contributed by atoms with Crippen molar-refractivity contribution in [2.24, 2.45) is 5.92 Å². The Morgan fingerprint density at radius 3 is 2.79 bits per heavy atom. The summed E-state index contributed by atoms with van der Waals surface area (Å²) in [5.41, 5.74) is 1.62. The number of hydrogen-bond donors (Lipinski definition) is 2. The molecule has 0 saturated carbocycles. The lowest BCUT2D eigenvalue weighted by molar-refractivity contribution is -0.131. The highest BCUT2D eigenvalue weighted by atomic mass is 32.2. The number of fused-ring (bicyclic) bond motifs is 3. The first-order valence-corrected chi connectivity index (χ1v) is 10.6. The van der Waals surface area contributed by atoms with Crippen molar-refractivity contribution in [3.05, 3.63) is 35.4 Å². The van der Waals surface area contributed by atoms with Crippen LogP contribution >= 0.6 is 11.8 Å². The fraction of sp³-hybridized carbons (Fsp3) is 0.550. The number of thioether (sulfide) groups is 1. The number of amides is 3. The van der Waals surface area contributed by atoms with Crippen LogP contribution in [0.25, 0.3) is 0 Å². The SMILES string of the molecule is COCCNC(=O)[C@H](CC(C)C)NC(=O)[C@@H]1CS[C@H]2c3ccccc3C(=O)N12. The van der Waals surface area contributed by atoms with Gasteiger partial charge >= 0.3 is 0 Å². The predicted octanol–water partition coefficient (Wildman–Crippen LogP) is 1.55. The molecule has 1 saturated heterocycles. The lowest BCUT2D eigenvalue weighted by Gasteiger charge is -2.26. The summed E-state index contributed by atoms with van der Waals surface area (Å²) in [4.78, 5) is 40.0. The molecule has 0 aliphatic carbocycles. The first kappa shape index (κ1) is 20.7. The Bertz CT molecular complexity index is 755. The molecular formula is C20H27N3O4S. The Morgan fingerprint density at radius 2 is 2.07 bits per heavy atom. The van der Waals surface area contributed by atoms with Crippen molar-refractivity contribution in [2.75, 3.05) is 26.0 Å². The van der Waals surface area contributed by atoms with Crippen molar-refractivity contribution in [3.8, 4) is 0 Å².